The van der Waals surface area contributed by atoms with Crippen LogP contribution in [0.2, 0.25) is 0 Å². The molecule has 1 aromatic carbocycles. The second kappa shape index (κ2) is 5.34. The van der Waals surface area contributed by atoms with Gasteiger partial charge in [0.15, 0.2) is 5.16 Å². The highest BCUT2D eigenvalue weighted by molar-refractivity contribution is 7.99. The van der Waals surface area contributed by atoms with Crippen molar-refractivity contribution in [1.82, 2.24) is 14.5 Å². The Labute approximate surface area is 119 Å². The van der Waals surface area contributed by atoms with Crippen LogP contribution in [0.5, 0.6) is 0 Å². The molecule has 0 radical (unpaired) electrons. The lowest BCUT2D eigenvalue weighted by atomic mass is 10.2. The summed E-state index contributed by atoms with van der Waals surface area (Å²) in [6.07, 6.45) is 5.21. The Hall–Kier alpha value is -2.34. The van der Waals surface area contributed by atoms with E-state index in [9.17, 15) is 4.79 Å². The van der Waals surface area contributed by atoms with Crippen molar-refractivity contribution in [2.75, 3.05) is 5.75 Å². The van der Waals surface area contributed by atoms with Gasteiger partial charge in [0.25, 0.3) is 0 Å². The van der Waals surface area contributed by atoms with Crippen LogP contribution in [-0.4, -0.2) is 31.4 Å². The normalized spacial score (nSPS) is 10.8. The number of thioether (sulfide) groups is 1. The Kier molecular flexibility index (Phi) is 3.39. The van der Waals surface area contributed by atoms with E-state index in [4.69, 9.17) is 5.11 Å². The fourth-order valence-corrected chi connectivity index (χ4v) is 2.67. The van der Waals surface area contributed by atoms with E-state index in [0.29, 0.717) is 5.16 Å². The molecular formula is C14H11N3O2S. The fourth-order valence-electron chi connectivity index (χ4n) is 1.99. The Morgan fingerprint density at radius 2 is 2.05 bits per heavy atom. The highest BCUT2D eigenvalue weighted by Crippen LogP contribution is 2.25. The number of carboxylic acids is 1. The Morgan fingerprint density at radius 3 is 2.90 bits per heavy atom. The van der Waals surface area contributed by atoms with E-state index in [1.807, 2.05) is 41.1 Å². The summed E-state index contributed by atoms with van der Waals surface area (Å²) in [4.78, 5) is 19.3. The third-order valence-electron chi connectivity index (χ3n) is 2.80. The first kappa shape index (κ1) is 12.7. The highest BCUT2D eigenvalue weighted by atomic mass is 32.2. The second-order valence-corrected chi connectivity index (χ2v) is 5.06. The molecule has 0 aliphatic heterocycles. The molecule has 0 atom stereocenters. The largest absolute Gasteiger partial charge is 0.481 e. The molecule has 2 heterocycles. The van der Waals surface area contributed by atoms with Gasteiger partial charge in [-0.2, -0.15) is 0 Å². The highest BCUT2D eigenvalue weighted by Gasteiger charge is 2.10. The molecule has 0 aliphatic rings. The summed E-state index contributed by atoms with van der Waals surface area (Å²) < 4.78 is 1.86. The third kappa shape index (κ3) is 2.37. The molecule has 1 N–H and O–H groups in total. The summed E-state index contributed by atoms with van der Waals surface area (Å²) in [6, 6.07) is 9.77. The molecule has 5 nitrogen and oxygen atoms in total. The van der Waals surface area contributed by atoms with Crippen LogP contribution in [0.15, 0.2) is 54.1 Å². The lowest BCUT2D eigenvalue weighted by Gasteiger charge is -2.09. The molecule has 0 aliphatic carbocycles. The van der Waals surface area contributed by atoms with Crippen molar-refractivity contribution in [2.45, 2.75) is 5.16 Å². The van der Waals surface area contributed by atoms with Gasteiger partial charge in [0.05, 0.1) is 17.0 Å². The van der Waals surface area contributed by atoms with E-state index in [0.717, 1.165) is 16.6 Å². The number of carbonyl (C=O) groups is 1. The maximum absolute atomic E-state index is 10.7. The van der Waals surface area contributed by atoms with Crippen molar-refractivity contribution in [3.8, 4) is 5.69 Å². The first-order valence-corrected chi connectivity index (χ1v) is 6.96. The third-order valence-corrected chi connectivity index (χ3v) is 3.75. The second-order valence-electron chi connectivity index (χ2n) is 4.11. The average molecular weight is 285 g/mol. The first-order valence-electron chi connectivity index (χ1n) is 5.98. The van der Waals surface area contributed by atoms with Crippen molar-refractivity contribution >= 4 is 28.6 Å². The molecule has 100 valence electrons. The van der Waals surface area contributed by atoms with Gasteiger partial charge in [-0.25, -0.2) is 4.98 Å². The van der Waals surface area contributed by atoms with Gasteiger partial charge in [-0.3, -0.25) is 14.3 Å². The van der Waals surface area contributed by atoms with Crippen LogP contribution in [0.25, 0.3) is 16.6 Å². The molecule has 0 bridgehead atoms. The van der Waals surface area contributed by atoms with Gasteiger partial charge >= 0.3 is 5.97 Å². The number of pyridine rings is 1. The Bertz CT molecular complexity index is 764. The summed E-state index contributed by atoms with van der Waals surface area (Å²) in [5.41, 5.74) is 1.76. The molecule has 2 aromatic heterocycles. The van der Waals surface area contributed by atoms with E-state index < -0.39 is 5.97 Å². The number of aromatic nitrogens is 3. The lowest BCUT2D eigenvalue weighted by molar-refractivity contribution is -0.133. The molecule has 0 saturated carbocycles. The molecule has 20 heavy (non-hydrogen) atoms. The van der Waals surface area contributed by atoms with E-state index >= 15 is 0 Å². The minimum Gasteiger partial charge on any atom is -0.481 e. The van der Waals surface area contributed by atoms with E-state index in [1.54, 1.807) is 12.4 Å². The number of carboxylic acid groups (broad SMARTS) is 1. The molecule has 0 saturated heterocycles. The van der Waals surface area contributed by atoms with Gasteiger partial charge in [0.1, 0.15) is 0 Å². The standard InChI is InChI=1S/C14H11N3O2S/c18-12(19)9-20-14-16-7-8-17(14)11-5-1-3-10-4-2-6-15-13(10)11/h1-8H,9H2,(H,18,19). The quantitative estimate of drug-likeness (QED) is 0.746. The average Bonchev–Trinajstić information content (AvgIpc) is 2.92. The van der Waals surface area contributed by atoms with Crippen LogP contribution >= 0.6 is 11.8 Å². The topological polar surface area (TPSA) is 68.0 Å². The number of hydrogen-bond donors (Lipinski definition) is 1. The first-order chi connectivity index (χ1) is 9.75. The Morgan fingerprint density at radius 1 is 1.20 bits per heavy atom. The number of aliphatic carboxylic acids is 1. The number of fused-ring (bicyclic) bond motifs is 1. The monoisotopic (exact) mass is 285 g/mol. The summed E-state index contributed by atoms with van der Waals surface area (Å²) in [6.45, 7) is 0. The van der Waals surface area contributed by atoms with Crippen molar-refractivity contribution in [1.29, 1.82) is 0 Å². The molecule has 0 fully saturated rings. The molecule has 3 aromatic rings. The van der Waals surface area contributed by atoms with Gasteiger partial charge in [0.2, 0.25) is 0 Å². The SMILES string of the molecule is O=C(O)CSc1nccn1-c1cccc2cccnc12. The maximum atomic E-state index is 10.7. The van der Waals surface area contributed by atoms with Crippen LogP contribution in [0.1, 0.15) is 0 Å². The molecule has 0 unspecified atom stereocenters. The zero-order valence-corrected chi connectivity index (χ0v) is 11.2. The number of para-hydroxylation sites is 1. The van der Waals surface area contributed by atoms with Crippen LogP contribution in [0.3, 0.4) is 0 Å². The van der Waals surface area contributed by atoms with Gasteiger partial charge in [0, 0.05) is 24.0 Å². The van der Waals surface area contributed by atoms with Crippen molar-refractivity contribution < 1.29 is 9.90 Å². The van der Waals surface area contributed by atoms with Crippen LogP contribution in [0, 0.1) is 0 Å². The van der Waals surface area contributed by atoms with Gasteiger partial charge in [-0.15, -0.1) is 0 Å². The zero-order valence-electron chi connectivity index (χ0n) is 10.4. The number of benzene rings is 1. The van der Waals surface area contributed by atoms with Crippen LogP contribution in [-0.2, 0) is 4.79 Å². The number of nitrogens with zero attached hydrogens (tertiary/aromatic N) is 3. The lowest BCUT2D eigenvalue weighted by Crippen LogP contribution is -2.02. The summed E-state index contributed by atoms with van der Waals surface area (Å²) in [7, 11) is 0. The molecule has 0 spiro atoms. The van der Waals surface area contributed by atoms with E-state index in [1.165, 1.54) is 11.8 Å². The smallest absolute Gasteiger partial charge is 0.313 e. The molecular weight excluding hydrogens is 274 g/mol. The van der Waals surface area contributed by atoms with Crippen molar-refractivity contribution in [3.05, 3.63) is 48.9 Å². The zero-order chi connectivity index (χ0) is 13.9. The van der Waals surface area contributed by atoms with Crippen molar-refractivity contribution in [2.24, 2.45) is 0 Å². The minimum atomic E-state index is -0.861. The van der Waals surface area contributed by atoms with Crippen LogP contribution in [0.4, 0.5) is 0 Å². The predicted octanol–water partition coefficient (Wildman–Crippen LogP) is 2.60. The summed E-state index contributed by atoms with van der Waals surface area (Å²) in [5, 5.41) is 10.5. The van der Waals surface area contributed by atoms with Crippen molar-refractivity contribution in [3.63, 3.8) is 0 Å². The predicted molar refractivity (Wildman–Crippen MR) is 77.2 cm³/mol. The minimum absolute atomic E-state index is 0.0186. The fraction of sp³-hybridized carbons (Fsp3) is 0.0714. The summed E-state index contributed by atoms with van der Waals surface area (Å²) in [5.74, 6) is -0.879. The maximum Gasteiger partial charge on any atom is 0.313 e. The number of hydrogen-bond acceptors (Lipinski definition) is 4. The number of rotatable bonds is 4. The van der Waals surface area contributed by atoms with Gasteiger partial charge < -0.3 is 5.11 Å². The number of imidazole rings is 1. The molecule has 6 heteroatoms. The Balaban J connectivity index is 2.08. The van der Waals surface area contributed by atoms with Crippen LogP contribution < -0.4 is 0 Å². The molecule has 3 rings (SSSR count). The van der Waals surface area contributed by atoms with E-state index in [-0.39, 0.29) is 5.75 Å². The van der Waals surface area contributed by atoms with Gasteiger partial charge in [-0.1, -0.05) is 30.0 Å². The van der Waals surface area contributed by atoms with E-state index in [2.05, 4.69) is 9.97 Å². The molecule has 0 amide bonds. The van der Waals surface area contributed by atoms with Gasteiger partial charge in [-0.05, 0) is 12.1 Å². The summed E-state index contributed by atoms with van der Waals surface area (Å²) >= 11 is 1.19.